The van der Waals surface area contributed by atoms with Crippen molar-refractivity contribution in [2.45, 2.75) is 19.3 Å². The van der Waals surface area contributed by atoms with Crippen molar-refractivity contribution in [1.82, 2.24) is 0 Å². The number of hydrogen-bond acceptors (Lipinski definition) is 1. The highest BCUT2D eigenvalue weighted by Gasteiger charge is 2.23. The van der Waals surface area contributed by atoms with Crippen molar-refractivity contribution in [3.05, 3.63) is 65.2 Å². The molecule has 0 aliphatic carbocycles. The topological polar surface area (TPSA) is 20.3 Å². The van der Waals surface area contributed by atoms with Crippen LogP contribution in [0.15, 0.2) is 42.5 Å². The van der Waals surface area contributed by atoms with Gasteiger partial charge in [0.15, 0.2) is 0 Å². The summed E-state index contributed by atoms with van der Waals surface area (Å²) in [5.74, 6) is -0.951. The third-order valence-electron chi connectivity index (χ3n) is 3.77. The lowest BCUT2D eigenvalue weighted by molar-refractivity contribution is -0.118. The molecule has 2 nitrogen and oxygen atoms in total. The Morgan fingerprint density at radius 3 is 2.76 bits per heavy atom. The predicted molar refractivity (Wildman–Crippen MR) is 77.2 cm³/mol. The average molecular weight is 287 g/mol. The molecule has 21 heavy (non-hydrogen) atoms. The summed E-state index contributed by atoms with van der Waals surface area (Å²) in [6.07, 6.45) is 1.66. The van der Waals surface area contributed by atoms with Gasteiger partial charge in [0.05, 0.1) is 6.42 Å². The van der Waals surface area contributed by atoms with Gasteiger partial charge in [0.1, 0.15) is 11.6 Å². The molecule has 1 heterocycles. The fourth-order valence-electron chi connectivity index (χ4n) is 2.71. The van der Waals surface area contributed by atoms with Crippen LogP contribution in [0.2, 0.25) is 0 Å². The quantitative estimate of drug-likeness (QED) is 0.828. The van der Waals surface area contributed by atoms with Crippen LogP contribution in [0, 0.1) is 11.6 Å². The molecule has 0 spiro atoms. The zero-order valence-electron chi connectivity index (χ0n) is 11.5. The number of amides is 1. The van der Waals surface area contributed by atoms with Crippen LogP contribution in [0.1, 0.15) is 17.5 Å². The van der Waals surface area contributed by atoms with E-state index in [1.165, 1.54) is 18.2 Å². The summed E-state index contributed by atoms with van der Waals surface area (Å²) in [6.45, 7) is 0.545. The van der Waals surface area contributed by atoms with Crippen molar-refractivity contribution >= 4 is 11.6 Å². The molecule has 1 amide bonds. The molecule has 1 aliphatic rings. The van der Waals surface area contributed by atoms with E-state index in [1.807, 2.05) is 0 Å². The normalized spacial score (nSPS) is 13.9. The maximum atomic E-state index is 13.6. The summed E-state index contributed by atoms with van der Waals surface area (Å²) in [5, 5.41) is 0. The van der Waals surface area contributed by atoms with Crippen LogP contribution in [0.3, 0.4) is 0 Å². The summed E-state index contributed by atoms with van der Waals surface area (Å²) in [4.78, 5) is 14.0. The second-order valence-corrected chi connectivity index (χ2v) is 5.19. The second-order valence-electron chi connectivity index (χ2n) is 5.19. The molecule has 0 saturated carbocycles. The molecule has 0 fully saturated rings. The van der Waals surface area contributed by atoms with Crippen molar-refractivity contribution in [1.29, 1.82) is 0 Å². The van der Waals surface area contributed by atoms with Crippen molar-refractivity contribution in [3.63, 3.8) is 0 Å². The zero-order chi connectivity index (χ0) is 14.8. The van der Waals surface area contributed by atoms with E-state index in [0.29, 0.717) is 17.8 Å². The molecule has 0 radical (unpaired) electrons. The number of carbonyl (C=O) groups is 1. The smallest absolute Gasteiger partial charge is 0.231 e. The SMILES string of the molecule is O=C(Cc1ccccc1F)N1CCCc2ccc(F)cc21. The molecule has 2 aromatic carbocycles. The molecule has 0 unspecified atom stereocenters. The molecule has 108 valence electrons. The first-order chi connectivity index (χ1) is 10.1. The highest BCUT2D eigenvalue weighted by atomic mass is 19.1. The van der Waals surface area contributed by atoms with E-state index in [2.05, 4.69) is 0 Å². The molecule has 0 N–H and O–H groups in total. The molecule has 0 atom stereocenters. The number of nitrogens with zero attached hydrogens (tertiary/aromatic N) is 1. The largest absolute Gasteiger partial charge is 0.312 e. The first kappa shape index (κ1) is 13.7. The van der Waals surface area contributed by atoms with E-state index >= 15 is 0 Å². The average Bonchev–Trinajstić information content (AvgIpc) is 2.49. The van der Waals surface area contributed by atoms with Crippen LogP contribution in [0.4, 0.5) is 14.5 Å². The Morgan fingerprint density at radius 2 is 1.95 bits per heavy atom. The maximum Gasteiger partial charge on any atom is 0.231 e. The van der Waals surface area contributed by atoms with E-state index < -0.39 is 0 Å². The highest BCUT2D eigenvalue weighted by molar-refractivity contribution is 5.95. The van der Waals surface area contributed by atoms with Crippen LogP contribution in [-0.2, 0) is 17.6 Å². The number of fused-ring (bicyclic) bond motifs is 1. The van der Waals surface area contributed by atoms with E-state index in [1.54, 1.807) is 29.2 Å². The Bertz CT molecular complexity index is 684. The fourth-order valence-corrected chi connectivity index (χ4v) is 2.71. The molecule has 1 aliphatic heterocycles. The monoisotopic (exact) mass is 287 g/mol. The molecule has 2 aromatic rings. The van der Waals surface area contributed by atoms with Gasteiger partial charge < -0.3 is 4.90 Å². The molecule has 0 saturated heterocycles. The predicted octanol–water partition coefficient (Wildman–Crippen LogP) is 3.49. The molecular formula is C17H15F2NO. The Hall–Kier alpha value is -2.23. The van der Waals surface area contributed by atoms with Crippen LogP contribution in [0.5, 0.6) is 0 Å². The lowest BCUT2D eigenvalue weighted by Gasteiger charge is -2.29. The van der Waals surface area contributed by atoms with Gasteiger partial charge in [-0.3, -0.25) is 4.79 Å². The van der Waals surface area contributed by atoms with Crippen molar-refractivity contribution in [2.75, 3.05) is 11.4 Å². The van der Waals surface area contributed by atoms with Gasteiger partial charge in [0.2, 0.25) is 5.91 Å². The van der Waals surface area contributed by atoms with E-state index in [0.717, 1.165) is 18.4 Å². The van der Waals surface area contributed by atoms with Gasteiger partial charge in [-0.05, 0) is 42.2 Å². The Labute approximate surface area is 122 Å². The zero-order valence-corrected chi connectivity index (χ0v) is 11.5. The van der Waals surface area contributed by atoms with Gasteiger partial charge >= 0.3 is 0 Å². The van der Waals surface area contributed by atoms with Crippen molar-refractivity contribution < 1.29 is 13.6 Å². The van der Waals surface area contributed by atoms with E-state index in [4.69, 9.17) is 0 Å². The second kappa shape index (κ2) is 5.64. The van der Waals surface area contributed by atoms with Gasteiger partial charge in [-0.25, -0.2) is 8.78 Å². The van der Waals surface area contributed by atoms with E-state index in [-0.39, 0.29) is 24.0 Å². The Kier molecular flexibility index (Phi) is 3.69. The molecule has 0 bridgehead atoms. The first-order valence-corrected chi connectivity index (χ1v) is 6.97. The van der Waals surface area contributed by atoms with Gasteiger partial charge in [-0.15, -0.1) is 0 Å². The summed E-state index contributed by atoms with van der Waals surface area (Å²) in [7, 11) is 0. The summed E-state index contributed by atoms with van der Waals surface area (Å²) < 4.78 is 27.1. The molecule has 4 heteroatoms. The maximum absolute atomic E-state index is 13.6. The van der Waals surface area contributed by atoms with Gasteiger partial charge in [-0.2, -0.15) is 0 Å². The highest BCUT2D eigenvalue weighted by Crippen LogP contribution is 2.28. The number of benzene rings is 2. The number of aryl methyl sites for hydroxylation is 1. The van der Waals surface area contributed by atoms with Gasteiger partial charge in [0.25, 0.3) is 0 Å². The number of anilines is 1. The summed E-state index contributed by atoms with van der Waals surface area (Å²) >= 11 is 0. The number of rotatable bonds is 2. The molecule has 0 aromatic heterocycles. The lowest BCUT2D eigenvalue weighted by atomic mass is 10.0. The summed E-state index contributed by atoms with van der Waals surface area (Å²) in [5.41, 5.74) is 1.94. The standard InChI is InChI=1S/C17H15F2NO/c18-14-8-7-12-5-3-9-20(16(12)11-14)17(21)10-13-4-1-2-6-15(13)19/h1-2,4,6-8,11H,3,5,9-10H2. The molecule has 3 rings (SSSR count). The number of carbonyl (C=O) groups excluding carboxylic acids is 1. The van der Waals surface area contributed by atoms with Crippen LogP contribution in [0.25, 0.3) is 0 Å². The third kappa shape index (κ3) is 2.79. The van der Waals surface area contributed by atoms with Gasteiger partial charge in [0, 0.05) is 12.2 Å². The minimum Gasteiger partial charge on any atom is -0.312 e. The number of halogens is 2. The van der Waals surface area contributed by atoms with Crippen LogP contribution in [-0.4, -0.2) is 12.5 Å². The van der Waals surface area contributed by atoms with Crippen LogP contribution < -0.4 is 4.90 Å². The van der Waals surface area contributed by atoms with E-state index in [9.17, 15) is 13.6 Å². The van der Waals surface area contributed by atoms with Crippen molar-refractivity contribution in [3.8, 4) is 0 Å². The Balaban J connectivity index is 1.87. The minimum absolute atomic E-state index is 0.0113. The molecular weight excluding hydrogens is 272 g/mol. The van der Waals surface area contributed by atoms with Crippen LogP contribution >= 0.6 is 0 Å². The Morgan fingerprint density at radius 1 is 1.14 bits per heavy atom. The first-order valence-electron chi connectivity index (χ1n) is 6.97. The van der Waals surface area contributed by atoms with Crippen molar-refractivity contribution in [2.24, 2.45) is 0 Å². The lowest BCUT2D eigenvalue weighted by Crippen LogP contribution is -2.36. The number of hydrogen-bond donors (Lipinski definition) is 0. The minimum atomic E-state index is -0.387. The summed E-state index contributed by atoms with van der Waals surface area (Å²) in [6, 6.07) is 10.7. The third-order valence-corrected chi connectivity index (χ3v) is 3.77. The fraction of sp³-hybridized carbons (Fsp3) is 0.235. The van der Waals surface area contributed by atoms with Gasteiger partial charge in [-0.1, -0.05) is 24.3 Å².